The Morgan fingerprint density at radius 2 is 2.05 bits per heavy atom. The molecule has 2 fully saturated rings. The van der Waals surface area contributed by atoms with E-state index in [0.717, 1.165) is 5.56 Å². The number of hydrogen-bond donors (Lipinski definition) is 0. The highest BCUT2D eigenvalue weighted by Crippen LogP contribution is 2.29. The topological polar surface area (TPSA) is 54.0 Å². The fourth-order valence-electron chi connectivity index (χ4n) is 2.52. The largest absolute Gasteiger partial charge is 0.363 e. The lowest BCUT2D eigenvalue weighted by molar-refractivity contribution is -0.204. The van der Waals surface area contributed by atoms with Gasteiger partial charge in [0.15, 0.2) is 18.2 Å². The average Bonchev–Trinajstić information content (AvgIpc) is 2.94. The van der Waals surface area contributed by atoms with Gasteiger partial charge in [-0.05, 0) is 5.56 Å². The van der Waals surface area contributed by atoms with Gasteiger partial charge in [-0.25, -0.2) is 0 Å². The molecule has 5 nitrogen and oxygen atoms in total. The number of carbonyl (C=O) groups excluding carboxylic acids is 1. The van der Waals surface area contributed by atoms with Gasteiger partial charge in [0.25, 0.3) is 0 Å². The summed E-state index contributed by atoms with van der Waals surface area (Å²) in [5, 5.41) is 0. The highest BCUT2D eigenvalue weighted by Gasteiger charge is 2.51. The van der Waals surface area contributed by atoms with Gasteiger partial charge < -0.3 is 18.9 Å². The highest BCUT2D eigenvalue weighted by atomic mass is 16.8. The van der Waals surface area contributed by atoms with Crippen LogP contribution in [0.15, 0.2) is 43.0 Å². The minimum absolute atomic E-state index is 0.119. The molecule has 1 aromatic carbocycles. The molecule has 2 saturated heterocycles. The average molecular weight is 290 g/mol. The van der Waals surface area contributed by atoms with Crippen molar-refractivity contribution >= 4 is 5.78 Å². The van der Waals surface area contributed by atoms with Crippen molar-refractivity contribution in [3.63, 3.8) is 0 Å². The quantitative estimate of drug-likeness (QED) is 0.743. The van der Waals surface area contributed by atoms with Crippen molar-refractivity contribution in [2.24, 2.45) is 0 Å². The Kier molecular flexibility index (Phi) is 4.45. The molecule has 0 unspecified atom stereocenters. The molecule has 112 valence electrons. The van der Waals surface area contributed by atoms with Gasteiger partial charge in [0.05, 0.1) is 19.8 Å². The summed E-state index contributed by atoms with van der Waals surface area (Å²) in [6.07, 6.45) is -0.773. The van der Waals surface area contributed by atoms with Crippen molar-refractivity contribution in [2.45, 2.75) is 31.2 Å². The number of Topliss-reactive ketones (excluding diaryl/α,β-unsaturated/α-hetero) is 1. The molecule has 2 aliphatic heterocycles. The number of fused-ring (bicyclic) bond motifs is 2. The van der Waals surface area contributed by atoms with Crippen LogP contribution in [0.4, 0.5) is 0 Å². The van der Waals surface area contributed by atoms with E-state index >= 15 is 0 Å². The molecule has 4 atom stereocenters. The van der Waals surface area contributed by atoms with Gasteiger partial charge in [-0.2, -0.15) is 0 Å². The Morgan fingerprint density at radius 3 is 2.81 bits per heavy atom. The summed E-state index contributed by atoms with van der Waals surface area (Å²) in [5.41, 5.74) is 0.994. The van der Waals surface area contributed by atoms with Crippen LogP contribution in [-0.2, 0) is 30.3 Å². The monoisotopic (exact) mass is 290 g/mol. The second kappa shape index (κ2) is 6.49. The maximum absolute atomic E-state index is 12.5. The lowest BCUT2D eigenvalue weighted by Gasteiger charge is -2.31. The molecule has 0 radical (unpaired) electrons. The standard InChI is InChI=1S/C16H18O5/c1-2-8-18-14-12-10-20-16(21-12)15(13(14)17)19-9-11-6-4-3-5-7-11/h2-7,12,14-16H,1,8-10H2/t12-,14+,15-,16-/m1/s1. The predicted molar refractivity (Wildman–Crippen MR) is 74.6 cm³/mol. The summed E-state index contributed by atoms with van der Waals surface area (Å²) in [7, 11) is 0. The van der Waals surface area contributed by atoms with Crippen molar-refractivity contribution in [3.05, 3.63) is 48.6 Å². The van der Waals surface area contributed by atoms with Crippen LogP contribution in [0.1, 0.15) is 5.56 Å². The van der Waals surface area contributed by atoms with Crippen molar-refractivity contribution in [3.8, 4) is 0 Å². The van der Waals surface area contributed by atoms with Gasteiger partial charge in [-0.15, -0.1) is 6.58 Å². The third kappa shape index (κ3) is 3.06. The number of rotatable bonds is 6. The van der Waals surface area contributed by atoms with Crippen LogP contribution in [-0.4, -0.2) is 43.6 Å². The number of benzene rings is 1. The first-order valence-electron chi connectivity index (χ1n) is 6.98. The number of ketones is 1. The first-order valence-corrected chi connectivity index (χ1v) is 6.98. The normalized spacial score (nSPS) is 31.3. The minimum atomic E-state index is -0.751. The summed E-state index contributed by atoms with van der Waals surface area (Å²) in [5.74, 6) is -0.119. The van der Waals surface area contributed by atoms with Crippen LogP contribution in [0.5, 0.6) is 0 Å². The van der Waals surface area contributed by atoms with E-state index in [1.807, 2.05) is 30.3 Å². The summed E-state index contributed by atoms with van der Waals surface area (Å²) in [4.78, 5) is 12.5. The molecule has 2 aliphatic rings. The molecule has 0 aliphatic carbocycles. The molecular formula is C16H18O5. The number of hydrogen-bond acceptors (Lipinski definition) is 5. The van der Waals surface area contributed by atoms with E-state index in [0.29, 0.717) is 19.8 Å². The van der Waals surface area contributed by atoms with Gasteiger partial charge in [-0.1, -0.05) is 36.4 Å². The first-order chi connectivity index (χ1) is 10.3. The Hall–Kier alpha value is -1.53. The van der Waals surface area contributed by atoms with Gasteiger partial charge in [0, 0.05) is 0 Å². The lowest BCUT2D eigenvalue weighted by atomic mass is 10.0. The Morgan fingerprint density at radius 1 is 1.24 bits per heavy atom. The minimum Gasteiger partial charge on any atom is -0.363 e. The molecule has 2 bridgehead atoms. The molecule has 0 spiro atoms. The zero-order valence-corrected chi connectivity index (χ0v) is 11.6. The van der Waals surface area contributed by atoms with E-state index in [9.17, 15) is 4.79 Å². The Labute approximate surface area is 123 Å². The zero-order valence-electron chi connectivity index (χ0n) is 11.6. The zero-order chi connectivity index (χ0) is 14.7. The first kappa shape index (κ1) is 14.4. The third-order valence-electron chi connectivity index (χ3n) is 3.55. The number of ether oxygens (including phenoxy) is 4. The van der Waals surface area contributed by atoms with Crippen molar-refractivity contribution in [2.75, 3.05) is 13.2 Å². The van der Waals surface area contributed by atoms with Crippen molar-refractivity contribution < 1.29 is 23.7 Å². The van der Waals surface area contributed by atoms with Crippen LogP contribution in [0.2, 0.25) is 0 Å². The van der Waals surface area contributed by atoms with Gasteiger partial charge >= 0.3 is 0 Å². The fraction of sp³-hybridized carbons (Fsp3) is 0.438. The smallest absolute Gasteiger partial charge is 0.198 e. The van der Waals surface area contributed by atoms with E-state index in [-0.39, 0.29) is 11.9 Å². The van der Waals surface area contributed by atoms with E-state index < -0.39 is 18.5 Å². The molecule has 0 N–H and O–H groups in total. The summed E-state index contributed by atoms with van der Waals surface area (Å²) >= 11 is 0. The van der Waals surface area contributed by atoms with Crippen LogP contribution in [0.25, 0.3) is 0 Å². The molecule has 21 heavy (non-hydrogen) atoms. The maximum atomic E-state index is 12.5. The molecule has 3 rings (SSSR count). The second-order valence-corrected chi connectivity index (χ2v) is 5.04. The van der Waals surface area contributed by atoms with Crippen molar-refractivity contribution in [1.29, 1.82) is 0 Å². The van der Waals surface area contributed by atoms with Crippen LogP contribution in [0, 0.1) is 0 Å². The van der Waals surface area contributed by atoms with Gasteiger partial charge in [0.2, 0.25) is 0 Å². The van der Waals surface area contributed by atoms with Crippen molar-refractivity contribution in [1.82, 2.24) is 0 Å². The molecule has 0 aromatic heterocycles. The molecule has 0 saturated carbocycles. The van der Waals surface area contributed by atoms with Gasteiger partial charge in [0.1, 0.15) is 12.2 Å². The van der Waals surface area contributed by atoms with Crippen LogP contribution >= 0.6 is 0 Å². The summed E-state index contributed by atoms with van der Waals surface area (Å²) < 4.78 is 22.4. The second-order valence-electron chi connectivity index (χ2n) is 5.04. The molecule has 1 aromatic rings. The predicted octanol–water partition coefficient (Wildman–Crippen LogP) is 1.47. The van der Waals surface area contributed by atoms with E-state index in [1.165, 1.54) is 0 Å². The van der Waals surface area contributed by atoms with E-state index in [4.69, 9.17) is 18.9 Å². The van der Waals surface area contributed by atoms with Gasteiger partial charge in [-0.3, -0.25) is 4.79 Å². The van der Waals surface area contributed by atoms with E-state index in [1.54, 1.807) is 6.08 Å². The SMILES string of the molecule is C=CCO[C@@H]1C(=O)[C@@H](OCc2ccccc2)[C@@H]2OC[C@H]1O2. The summed E-state index contributed by atoms with van der Waals surface area (Å²) in [6.45, 7) is 4.57. The maximum Gasteiger partial charge on any atom is 0.198 e. The lowest BCUT2D eigenvalue weighted by Crippen LogP contribution is -2.52. The summed E-state index contributed by atoms with van der Waals surface area (Å²) in [6, 6.07) is 9.67. The van der Waals surface area contributed by atoms with Crippen LogP contribution in [0.3, 0.4) is 0 Å². The highest BCUT2D eigenvalue weighted by molar-refractivity contribution is 5.89. The number of carbonyl (C=O) groups is 1. The Bertz CT molecular complexity index is 501. The molecule has 5 heteroatoms. The third-order valence-corrected chi connectivity index (χ3v) is 3.55. The fourth-order valence-corrected chi connectivity index (χ4v) is 2.52. The molecule has 2 heterocycles. The van der Waals surface area contributed by atoms with E-state index in [2.05, 4.69) is 6.58 Å². The molecule has 0 amide bonds. The molecular weight excluding hydrogens is 272 g/mol. The van der Waals surface area contributed by atoms with Crippen LogP contribution < -0.4 is 0 Å². The Balaban J connectivity index is 1.66.